The third-order valence-corrected chi connectivity index (χ3v) is 7.05. The first-order valence-corrected chi connectivity index (χ1v) is 12.3. The molecule has 1 aliphatic carbocycles. The average Bonchev–Trinajstić information content (AvgIpc) is 2.92. The molecule has 188 valence electrons. The molecule has 0 bridgehead atoms. The zero-order valence-electron chi connectivity index (χ0n) is 20.8. The standard InChI is InChI=1S/C31H28FNO4/c1-19-28(31(35)37-18-20-6-4-3-5-7-20)29(22-8-12-24(32)13-9-22)30-26(33-19)16-23(17-27(30)34)21-10-14-25(36-2)15-11-21/h3-15,23,29,33H,16-18H2,1-2H3/t23-,29+/m1/s1. The van der Waals surface area contributed by atoms with Crippen molar-refractivity contribution in [2.24, 2.45) is 0 Å². The van der Waals surface area contributed by atoms with Gasteiger partial charge in [-0.15, -0.1) is 0 Å². The fourth-order valence-corrected chi connectivity index (χ4v) is 5.21. The number of nitrogens with one attached hydrogen (secondary N) is 1. The molecular weight excluding hydrogens is 469 g/mol. The summed E-state index contributed by atoms with van der Waals surface area (Å²) in [6.07, 6.45) is 0.935. The Morgan fingerprint density at radius 2 is 1.62 bits per heavy atom. The summed E-state index contributed by atoms with van der Waals surface area (Å²) < 4.78 is 24.7. The van der Waals surface area contributed by atoms with E-state index in [4.69, 9.17) is 9.47 Å². The average molecular weight is 498 g/mol. The van der Waals surface area contributed by atoms with Gasteiger partial charge >= 0.3 is 5.97 Å². The van der Waals surface area contributed by atoms with Crippen LogP contribution < -0.4 is 10.1 Å². The van der Waals surface area contributed by atoms with E-state index < -0.39 is 11.9 Å². The van der Waals surface area contributed by atoms with E-state index in [-0.39, 0.29) is 24.1 Å². The molecule has 1 N–H and O–H groups in total. The minimum atomic E-state index is -0.635. The molecule has 37 heavy (non-hydrogen) atoms. The van der Waals surface area contributed by atoms with Gasteiger partial charge in [0.15, 0.2) is 5.78 Å². The molecule has 6 heteroatoms. The maximum Gasteiger partial charge on any atom is 0.337 e. The number of hydrogen-bond donors (Lipinski definition) is 1. The van der Waals surface area contributed by atoms with Crippen molar-refractivity contribution >= 4 is 11.8 Å². The highest BCUT2D eigenvalue weighted by atomic mass is 19.1. The summed E-state index contributed by atoms with van der Waals surface area (Å²) in [6.45, 7) is 1.94. The molecule has 0 unspecified atom stereocenters. The predicted molar refractivity (Wildman–Crippen MR) is 138 cm³/mol. The van der Waals surface area contributed by atoms with Crippen molar-refractivity contribution < 1.29 is 23.5 Å². The summed E-state index contributed by atoms with van der Waals surface area (Å²) >= 11 is 0. The number of halogens is 1. The number of ketones is 1. The van der Waals surface area contributed by atoms with Gasteiger partial charge in [0.25, 0.3) is 0 Å². The Bertz CT molecular complexity index is 1370. The summed E-state index contributed by atoms with van der Waals surface area (Å²) in [5.41, 5.74) is 4.95. The molecule has 0 amide bonds. The normalized spacial score (nSPS) is 19.3. The lowest BCUT2D eigenvalue weighted by Crippen LogP contribution is -2.36. The van der Waals surface area contributed by atoms with Crippen molar-refractivity contribution in [1.29, 1.82) is 0 Å². The van der Waals surface area contributed by atoms with Crippen LogP contribution in [0.25, 0.3) is 0 Å². The summed E-state index contributed by atoms with van der Waals surface area (Å²) in [4.78, 5) is 27.1. The highest BCUT2D eigenvalue weighted by Gasteiger charge is 2.41. The second-order valence-corrected chi connectivity index (χ2v) is 9.40. The van der Waals surface area contributed by atoms with Crippen molar-refractivity contribution in [3.05, 3.63) is 124 Å². The van der Waals surface area contributed by atoms with Gasteiger partial charge < -0.3 is 14.8 Å². The van der Waals surface area contributed by atoms with Crippen LogP contribution in [0.3, 0.4) is 0 Å². The lowest BCUT2D eigenvalue weighted by Gasteiger charge is -2.36. The molecule has 1 aliphatic heterocycles. The molecule has 3 aromatic rings. The maximum atomic E-state index is 13.8. The Kier molecular flexibility index (Phi) is 6.91. The maximum absolute atomic E-state index is 13.8. The molecule has 3 aromatic carbocycles. The van der Waals surface area contributed by atoms with E-state index in [0.717, 1.165) is 22.6 Å². The highest BCUT2D eigenvalue weighted by molar-refractivity contribution is 6.04. The van der Waals surface area contributed by atoms with Crippen molar-refractivity contribution in [1.82, 2.24) is 5.32 Å². The number of carbonyl (C=O) groups is 2. The van der Waals surface area contributed by atoms with Crippen molar-refractivity contribution in [3.8, 4) is 5.75 Å². The van der Waals surface area contributed by atoms with Crippen LogP contribution in [0, 0.1) is 5.82 Å². The third kappa shape index (κ3) is 5.05. The van der Waals surface area contributed by atoms with Gasteiger partial charge in [-0.1, -0.05) is 54.6 Å². The summed E-state index contributed by atoms with van der Waals surface area (Å²) in [5.74, 6) is -0.794. The zero-order valence-corrected chi connectivity index (χ0v) is 20.8. The van der Waals surface area contributed by atoms with Gasteiger partial charge in [0.2, 0.25) is 0 Å². The number of esters is 1. The predicted octanol–water partition coefficient (Wildman–Crippen LogP) is 5.94. The molecule has 0 saturated heterocycles. The summed E-state index contributed by atoms with van der Waals surface area (Å²) in [6, 6.07) is 23.2. The van der Waals surface area contributed by atoms with Crippen LogP contribution >= 0.6 is 0 Å². The number of benzene rings is 3. The molecule has 2 aliphatic rings. The summed E-state index contributed by atoms with van der Waals surface area (Å²) in [7, 11) is 1.62. The van der Waals surface area contributed by atoms with E-state index in [0.29, 0.717) is 35.2 Å². The molecule has 0 spiro atoms. The van der Waals surface area contributed by atoms with E-state index in [9.17, 15) is 14.0 Å². The molecule has 0 aromatic heterocycles. The molecular formula is C31H28FNO4. The van der Waals surface area contributed by atoms with Crippen molar-refractivity contribution in [2.75, 3.05) is 7.11 Å². The second kappa shape index (κ2) is 10.4. The Morgan fingerprint density at radius 1 is 0.946 bits per heavy atom. The van der Waals surface area contributed by atoms with Crippen LogP contribution in [0.15, 0.2) is 101 Å². The van der Waals surface area contributed by atoms with Crippen LogP contribution in [0.2, 0.25) is 0 Å². The van der Waals surface area contributed by atoms with E-state index in [1.54, 1.807) is 19.2 Å². The highest BCUT2D eigenvalue weighted by Crippen LogP contribution is 2.45. The van der Waals surface area contributed by atoms with Gasteiger partial charge in [-0.3, -0.25) is 4.79 Å². The number of Topliss-reactive ketones (excluding diaryl/α,β-unsaturated/α-hetero) is 1. The number of rotatable bonds is 6. The molecule has 1 heterocycles. The first-order chi connectivity index (χ1) is 17.9. The number of allylic oxidation sites excluding steroid dienone is 3. The number of dihydropyridines is 1. The fraction of sp³-hybridized carbons (Fsp3) is 0.226. The molecule has 0 radical (unpaired) electrons. The Morgan fingerprint density at radius 3 is 2.30 bits per heavy atom. The fourth-order valence-electron chi connectivity index (χ4n) is 5.21. The van der Waals surface area contributed by atoms with Gasteiger partial charge in [0, 0.05) is 29.3 Å². The largest absolute Gasteiger partial charge is 0.497 e. The quantitative estimate of drug-likeness (QED) is 0.427. The van der Waals surface area contributed by atoms with E-state index in [1.807, 2.05) is 61.5 Å². The SMILES string of the molecule is COc1ccc([C@H]2CC(=O)C3=C(C2)NC(C)=C(C(=O)OCc2ccccc2)[C@@H]3c2ccc(F)cc2)cc1. The lowest BCUT2D eigenvalue weighted by molar-refractivity contribution is -0.140. The van der Waals surface area contributed by atoms with E-state index >= 15 is 0 Å². The zero-order chi connectivity index (χ0) is 25.9. The van der Waals surface area contributed by atoms with Crippen LogP contribution in [0.1, 0.15) is 48.3 Å². The number of ether oxygens (including phenoxy) is 2. The molecule has 0 saturated carbocycles. The van der Waals surface area contributed by atoms with Gasteiger partial charge in [-0.2, -0.15) is 0 Å². The number of carbonyl (C=O) groups excluding carboxylic acids is 2. The smallest absolute Gasteiger partial charge is 0.337 e. The van der Waals surface area contributed by atoms with E-state index in [2.05, 4.69) is 5.32 Å². The Balaban J connectivity index is 1.49. The van der Waals surface area contributed by atoms with Gasteiger partial charge in [0.1, 0.15) is 18.2 Å². The number of methoxy groups -OCH3 is 1. The molecule has 5 nitrogen and oxygen atoms in total. The lowest BCUT2D eigenvalue weighted by atomic mass is 9.71. The Labute approximate surface area is 215 Å². The molecule has 5 rings (SSSR count). The molecule has 0 fully saturated rings. The van der Waals surface area contributed by atoms with Crippen LogP contribution in [0.5, 0.6) is 5.75 Å². The third-order valence-electron chi connectivity index (χ3n) is 7.05. The van der Waals surface area contributed by atoms with Gasteiger partial charge in [0.05, 0.1) is 12.7 Å². The topological polar surface area (TPSA) is 64.6 Å². The second-order valence-electron chi connectivity index (χ2n) is 9.40. The number of hydrogen-bond acceptors (Lipinski definition) is 5. The van der Waals surface area contributed by atoms with Gasteiger partial charge in [-0.05, 0) is 60.2 Å². The van der Waals surface area contributed by atoms with E-state index in [1.165, 1.54) is 12.1 Å². The Hall–Kier alpha value is -4.19. The first kappa shape index (κ1) is 24.5. The van der Waals surface area contributed by atoms with Crippen molar-refractivity contribution in [2.45, 2.75) is 38.2 Å². The monoisotopic (exact) mass is 497 g/mol. The summed E-state index contributed by atoms with van der Waals surface area (Å²) in [5, 5.41) is 3.35. The molecule has 2 atom stereocenters. The van der Waals surface area contributed by atoms with Crippen LogP contribution in [-0.2, 0) is 20.9 Å². The minimum absolute atomic E-state index is 0.00194. The van der Waals surface area contributed by atoms with Crippen LogP contribution in [0.4, 0.5) is 4.39 Å². The first-order valence-electron chi connectivity index (χ1n) is 12.3. The van der Waals surface area contributed by atoms with Crippen LogP contribution in [-0.4, -0.2) is 18.9 Å². The minimum Gasteiger partial charge on any atom is -0.497 e. The van der Waals surface area contributed by atoms with Crippen molar-refractivity contribution in [3.63, 3.8) is 0 Å². The van der Waals surface area contributed by atoms with Gasteiger partial charge in [-0.25, -0.2) is 9.18 Å².